The number of benzene rings is 1. The molecule has 0 aromatic heterocycles. The highest BCUT2D eigenvalue weighted by Gasteiger charge is 2.27. The molecule has 1 aromatic rings. The van der Waals surface area contributed by atoms with E-state index in [-0.39, 0.29) is 5.54 Å². The summed E-state index contributed by atoms with van der Waals surface area (Å²) in [5.41, 5.74) is 4.88. The maximum Gasteiger partial charge on any atom is 0.00966 e. The van der Waals surface area contributed by atoms with E-state index < -0.39 is 0 Å². The third-order valence-corrected chi connectivity index (χ3v) is 4.20. The summed E-state index contributed by atoms with van der Waals surface area (Å²) in [7, 11) is 0. The first-order valence-corrected chi connectivity index (χ1v) is 7.81. The quantitative estimate of drug-likeness (QED) is 0.824. The summed E-state index contributed by atoms with van der Waals surface area (Å²) >= 11 is 0. The van der Waals surface area contributed by atoms with Crippen LogP contribution in [0.15, 0.2) is 18.2 Å². The number of hydrogen-bond acceptors (Lipinski definition) is 1. The number of rotatable bonds is 4. The maximum absolute atomic E-state index is 3.69. The molecule has 0 aliphatic heterocycles. The van der Waals surface area contributed by atoms with Gasteiger partial charge < -0.3 is 5.32 Å². The maximum atomic E-state index is 3.69. The summed E-state index contributed by atoms with van der Waals surface area (Å²) in [6.07, 6.45) is 1.16. The molecular formula is C19H33N. The van der Waals surface area contributed by atoms with Crippen LogP contribution in [0.3, 0.4) is 0 Å². The lowest BCUT2D eigenvalue weighted by molar-refractivity contribution is 0.213. The third kappa shape index (κ3) is 5.28. The normalized spacial score (nSPS) is 14.4. The molecule has 0 heterocycles. The lowest BCUT2D eigenvalue weighted by Gasteiger charge is -2.34. The Bertz CT molecular complexity index is 412. The summed E-state index contributed by atoms with van der Waals surface area (Å²) < 4.78 is 0. The minimum Gasteiger partial charge on any atom is -0.312 e. The summed E-state index contributed by atoms with van der Waals surface area (Å²) in [6.45, 7) is 19.3. The Kier molecular flexibility index (Phi) is 5.43. The molecule has 1 nitrogen and oxygen atoms in total. The Morgan fingerprint density at radius 2 is 1.45 bits per heavy atom. The van der Waals surface area contributed by atoms with Crippen LogP contribution in [0, 0.1) is 25.2 Å². The Morgan fingerprint density at radius 3 is 1.85 bits per heavy atom. The molecule has 1 rings (SSSR count). The van der Waals surface area contributed by atoms with Gasteiger partial charge in [-0.3, -0.25) is 0 Å². The standard InChI is InChI=1S/C19H33N/c1-14-10-9-11-15(2)17(14)12-16(18(3,4)5)13-20-19(6,7)8/h9-11,16,20H,12-13H2,1-8H3. The number of hydrogen-bond donors (Lipinski definition) is 1. The minimum atomic E-state index is 0.185. The second kappa shape index (κ2) is 6.30. The van der Waals surface area contributed by atoms with Crippen LogP contribution < -0.4 is 5.32 Å². The van der Waals surface area contributed by atoms with Gasteiger partial charge >= 0.3 is 0 Å². The van der Waals surface area contributed by atoms with E-state index in [1.807, 2.05) is 0 Å². The smallest absolute Gasteiger partial charge is 0.00966 e. The van der Waals surface area contributed by atoms with Gasteiger partial charge in [0.05, 0.1) is 0 Å². The first kappa shape index (κ1) is 17.2. The van der Waals surface area contributed by atoms with E-state index >= 15 is 0 Å². The molecule has 1 unspecified atom stereocenters. The molecule has 20 heavy (non-hydrogen) atoms. The lowest BCUT2D eigenvalue weighted by atomic mass is 9.75. The van der Waals surface area contributed by atoms with Crippen molar-refractivity contribution in [1.29, 1.82) is 0 Å². The lowest BCUT2D eigenvalue weighted by Crippen LogP contribution is -2.42. The summed E-state index contributed by atoms with van der Waals surface area (Å²) in [5.74, 6) is 0.640. The predicted molar refractivity (Wildman–Crippen MR) is 90.3 cm³/mol. The van der Waals surface area contributed by atoms with E-state index in [0.717, 1.165) is 13.0 Å². The Morgan fingerprint density at radius 1 is 0.950 bits per heavy atom. The fourth-order valence-corrected chi connectivity index (χ4v) is 2.53. The van der Waals surface area contributed by atoms with Gasteiger partial charge in [-0.2, -0.15) is 0 Å². The van der Waals surface area contributed by atoms with Gasteiger partial charge in [0.25, 0.3) is 0 Å². The molecular weight excluding hydrogens is 242 g/mol. The highest BCUT2D eigenvalue weighted by Crippen LogP contribution is 2.31. The van der Waals surface area contributed by atoms with Crippen LogP contribution in [0.2, 0.25) is 0 Å². The van der Waals surface area contributed by atoms with Crippen LogP contribution >= 0.6 is 0 Å². The van der Waals surface area contributed by atoms with Crippen molar-refractivity contribution in [3.05, 3.63) is 34.9 Å². The van der Waals surface area contributed by atoms with Crippen molar-refractivity contribution >= 4 is 0 Å². The van der Waals surface area contributed by atoms with E-state index in [9.17, 15) is 0 Å². The SMILES string of the molecule is Cc1cccc(C)c1CC(CNC(C)(C)C)C(C)(C)C. The van der Waals surface area contributed by atoms with Gasteiger partial charge in [-0.15, -0.1) is 0 Å². The Balaban J connectivity index is 2.91. The van der Waals surface area contributed by atoms with E-state index in [4.69, 9.17) is 0 Å². The molecule has 0 aliphatic carbocycles. The van der Waals surface area contributed by atoms with Crippen LogP contribution in [-0.4, -0.2) is 12.1 Å². The molecule has 1 heteroatoms. The molecule has 0 fully saturated rings. The van der Waals surface area contributed by atoms with Gasteiger partial charge in [0.15, 0.2) is 0 Å². The van der Waals surface area contributed by atoms with Gasteiger partial charge in [-0.25, -0.2) is 0 Å². The molecule has 0 spiro atoms. The molecule has 0 aliphatic rings. The minimum absolute atomic E-state index is 0.185. The summed E-state index contributed by atoms with van der Waals surface area (Å²) in [5, 5.41) is 3.69. The van der Waals surface area contributed by atoms with E-state index in [1.54, 1.807) is 0 Å². The van der Waals surface area contributed by atoms with Crippen molar-refractivity contribution in [3.8, 4) is 0 Å². The fourth-order valence-electron chi connectivity index (χ4n) is 2.53. The van der Waals surface area contributed by atoms with E-state index in [0.29, 0.717) is 11.3 Å². The Hall–Kier alpha value is -0.820. The second-order valence-corrected chi connectivity index (χ2v) is 8.27. The van der Waals surface area contributed by atoms with Crippen LogP contribution in [0.1, 0.15) is 58.2 Å². The molecule has 1 N–H and O–H groups in total. The predicted octanol–water partition coefficient (Wildman–Crippen LogP) is 4.90. The van der Waals surface area contributed by atoms with Gasteiger partial charge in [-0.1, -0.05) is 39.0 Å². The van der Waals surface area contributed by atoms with Gasteiger partial charge in [0.1, 0.15) is 0 Å². The zero-order valence-electron chi connectivity index (χ0n) is 14.7. The van der Waals surface area contributed by atoms with Crippen LogP contribution in [0.4, 0.5) is 0 Å². The monoisotopic (exact) mass is 275 g/mol. The first-order valence-electron chi connectivity index (χ1n) is 7.81. The molecule has 0 saturated carbocycles. The summed E-state index contributed by atoms with van der Waals surface area (Å²) in [4.78, 5) is 0. The molecule has 0 saturated heterocycles. The second-order valence-electron chi connectivity index (χ2n) is 8.27. The van der Waals surface area contributed by atoms with E-state index in [1.165, 1.54) is 16.7 Å². The van der Waals surface area contributed by atoms with Crippen molar-refractivity contribution < 1.29 is 0 Å². The number of nitrogens with one attached hydrogen (secondary N) is 1. The molecule has 114 valence electrons. The average Bonchev–Trinajstić information content (AvgIpc) is 2.24. The Labute approximate surface area is 126 Å². The van der Waals surface area contributed by atoms with Crippen LogP contribution in [0.25, 0.3) is 0 Å². The average molecular weight is 275 g/mol. The van der Waals surface area contributed by atoms with Crippen molar-refractivity contribution in [3.63, 3.8) is 0 Å². The zero-order valence-corrected chi connectivity index (χ0v) is 14.7. The van der Waals surface area contributed by atoms with Crippen molar-refractivity contribution in [2.75, 3.05) is 6.54 Å². The highest BCUT2D eigenvalue weighted by molar-refractivity contribution is 5.34. The van der Waals surface area contributed by atoms with Gasteiger partial charge in [-0.05, 0) is 75.6 Å². The van der Waals surface area contributed by atoms with Crippen LogP contribution in [0.5, 0.6) is 0 Å². The van der Waals surface area contributed by atoms with E-state index in [2.05, 4.69) is 78.9 Å². The van der Waals surface area contributed by atoms with Crippen LogP contribution in [-0.2, 0) is 6.42 Å². The highest BCUT2D eigenvalue weighted by atomic mass is 14.9. The van der Waals surface area contributed by atoms with Gasteiger partial charge in [0, 0.05) is 5.54 Å². The van der Waals surface area contributed by atoms with Crippen molar-refractivity contribution in [2.45, 2.75) is 67.3 Å². The molecule has 0 amide bonds. The molecule has 0 bridgehead atoms. The first-order chi connectivity index (χ1) is 9.00. The number of aryl methyl sites for hydroxylation is 2. The van der Waals surface area contributed by atoms with Gasteiger partial charge in [0.2, 0.25) is 0 Å². The van der Waals surface area contributed by atoms with Crippen molar-refractivity contribution in [1.82, 2.24) is 5.32 Å². The topological polar surface area (TPSA) is 12.0 Å². The molecule has 1 atom stereocenters. The molecule has 1 aromatic carbocycles. The third-order valence-electron chi connectivity index (χ3n) is 4.20. The molecule has 0 radical (unpaired) electrons. The fraction of sp³-hybridized carbons (Fsp3) is 0.684. The van der Waals surface area contributed by atoms with Crippen molar-refractivity contribution in [2.24, 2.45) is 11.3 Å². The zero-order chi connectivity index (χ0) is 15.6. The summed E-state index contributed by atoms with van der Waals surface area (Å²) in [6, 6.07) is 6.63. The largest absolute Gasteiger partial charge is 0.312 e.